The maximum Gasteiger partial charge on any atom is 0.289 e. The number of likely N-dealkylation sites (N-methyl/N-ethyl adjacent to an activating group) is 1. The van der Waals surface area contributed by atoms with Crippen molar-refractivity contribution in [2.45, 2.75) is 20.3 Å². The van der Waals surface area contributed by atoms with Crippen LogP contribution in [0.2, 0.25) is 0 Å². The van der Waals surface area contributed by atoms with Gasteiger partial charge in [-0.1, -0.05) is 0 Å². The van der Waals surface area contributed by atoms with Crippen molar-refractivity contribution in [3.05, 3.63) is 50.0 Å². The van der Waals surface area contributed by atoms with E-state index in [-0.39, 0.29) is 17.1 Å². The highest BCUT2D eigenvalue weighted by Gasteiger charge is 2.16. The average molecular weight is 292 g/mol. The Morgan fingerprint density at radius 3 is 2.75 bits per heavy atom. The Kier molecular flexibility index (Phi) is 4.34. The molecule has 0 fully saturated rings. The zero-order valence-corrected chi connectivity index (χ0v) is 12.5. The fraction of sp³-hybridized carbons (Fsp3) is 0.357. The van der Waals surface area contributed by atoms with Crippen LogP contribution < -0.4 is 5.43 Å². The minimum absolute atomic E-state index is 0.0820. The Labute approximate surface area is 120 Å². The van der Waals surface area contributed by atoms with Crippen molar-refractivity contribution in [1.82, 2.24) is 9.88 Å². The van der Waals surface area contributed by atoms with E-state index >= 15 is 0 Å². The van der Waals surface area contributed by atoms with Crippen molar-refractivity contribution in [3.63, 3.8) is 0 Å². The maximum absolute atomic E-state index is 12.2. The number of aryl methyl sites for hydroxylation is 2. The van der Waals surface area contributed by atoms with Crippen molar-refractivity contribution < 1.29 is 9.21 Å². The van der Waals surface area contributed by atoms with E-state index < -0.39 is 0 Å². The van der Waals surface area contributed by atoms with E-state index in [1.165, 1.54) is 12.1 Å². The van der Waals surface area contributed by atoms with Crippen molar-refractivity contribution in [1.29, 1.82) is 0 Å². The lowest BCUT2D eigenvalue weighted by Crippen LogP contribution is -2.29. The third kappa shape index (κ3) is 3.33. The topological polar surface area (TPSA) is 63.4 Å². The highest BCUT2D eigenvalue weighted by atomic mass is 32.1. The Balaban J connectivity index is 2.05. The van der Waals surface area contributed by atoms with Crippen LogP contribution in [0.15, 0.2) is 26.9 Å². The van der Waals surface area contributed by atoms with Gasteiger partial charge in [0.05, 0.1) is 11.2 Å². The third-order valence-electron chi connectivity index (χ3n) is 2.97. The van der Waals surface area contributed by atoms with E-state index in [4.69, 9.17) is 4.42 Å². The molecule has 0 aromatic carbocycles. The van der Waals surface area contributed by atoms with Gasteiger partial charge in [0.25, 0.3) is 5.91 Å². The molecule has 5 nitrogen and oxygen atoms in total. The number of nitrogens with zero attached hydrogens (tertiary/aromatic N) is 2. The zero-order valence-electron chi connectivity index (χ0n) is 11.7. The van der Waals surface area contributed by atoms with Gasteiger partial charge in [-0.15, -0.1) is 11.3 Å². The van der Waals surface area contributed by atoms with Gasteiger partial charge in [-0.3, -0.25) is 9.59 Å². The molecule has 2 aromatic heterocycles. The number of hydrogen-bond acceptors (Lipinski definition) is 5. The number of amides is 1. The van der Waals surface area contributed by atoms with Crippen LogP contribution in [0, 0.1) is 13.8 Å². The molecule has 106 valence electrons. The molecule has 2 rings (SSSR count). The van der Waals surface area contributed by atoms with E-state index in [0.717, 1.165) is 17.0 Å². The Morgan fingerprint density at radius 1 is 1.40 bits per heavy atom. The van der Waals surface area contributed by atoms with E-state index in [0.29, 0.717) is 12.3 Å². The molecule has 0 radical (unpaired) electrons. The van der Waals surface area contributed by atoms with Crippen molar-refractivity contribution in [3.8, 4) is 0 Å². The summed E-state index contributed by atoms with van der Waals surface area (Å²) in [4.78, 5) is 30.5. The van der Waals surface area contributed by atoms with Crippen LogP contribution in [-0.4, -0.2) is 29.4 Å². The number of thiazole rings is 1. The molecule has 0 N–H and O–H groups in total. The van der Waals surface area contributed by atoms with Gasteiger partial charge in [0.1, 0.15) is 5.76 Å². The molecule has 2 aromatic rings. The van der Waals surface area contributed by atoms with Gasteiger partial charge in [0.15, 0.2) is 11.2 Å². The molecule has 0 unspecified atom stereocenters. The van der Waals surface area contributed by atoms with E-state index in [1.54, 1.807) is 35.7 Å². The van der Waals surface area contributed by atoms with Crippen LogP contribution >= 0.6 is 11.3 Å². The lowest BCUT2D eigenvalue weighted by Gasteiger charge is -2.16. The molecule has 0 atom stereocenters. The molecule has 0 aliphatic carbocycles. The van der Waals surface area contributed by atoms with Crippen molar-refractivity contribution in [2.24, 2.45) is 0 Å². The smallest absolute Gasteiger partial charge is 0.289 e. The first-order chi connectivity index (χ1) is 9.47. The van der Waals surface area contributed by atoms with E-state index in [1.807, 2.05) is 6.92 Å². The summed E-state index contributed by atoms with van der Waals surface area (Å²) in [6.45, 7) is 4.16. The van der Waals surface area contributed by atoms with Crippen molar-refractivity contribution >= 4 is 17.2 Å². The van der Waals surface area contributed by atoms with E-state index in [2.05, 4.69) is 4.98 Å². The molecule has 6 heteroatoms. The van der Waals surface area contributed by atoms with Crippen LogP contribution in [0.4, 0.5) is 0 Å². The Bertz CT molecular complexity index is 675. The molecule has 0 saturated heterocycles. The van der Waals surface area contributed by atoms with Gasteiger partial charge >= 0.3 is 0 Å². The second kappa shape index (κ2) is 6.00. The summed E-state index contributed by atoms with van der Waals surface area (Å²) in [6.07, 6.45) is 0.745. The fourth-order valence-corrected chi connectivity index (χ4v) is 2.60. The summed E-state index contributed by atoms with van der Waals surface area (Å²) >= 11 is 1.58. The number of carbonyl (C=O) groups is 1. The minimum Gasteiger partial charge on any atom is -0.456 e. The van der Waals surface area contributed by atoms with Gasteiger partial charge < -0.3 is 9.32 Å². The largest absolute Gasteiger partial charge is 0.456 e. The number of carbonyl (C=O) groups excluding carboxylic acids is 1. The predicted molar refractivity (Wildman–Crippen MR) is 77.2 cm³/mol. The van der Waals surface area contributed by atoms with E-state index in [9.17, 15) is 9.59 Å². The standard InChI is InChI=1S/C14H16N2O3S/c1-9-6-11(17)7-12(19-9)14(18)16(3)5-4-13-10(2)15-8-20-13/h6-8H,4-5H2,1-3H3. The van der Waals surface area contributed by atoms with Crippen LogP contribution in [0.5, 0.6) is 0 Å². The normalized spacial score (nSPS) is 10.6. The van der Waals surface area contributed by atoms with Gasteiger partial charge in [-0.2, -0.15) is 0 Å². The lowest BCUT2D eigenvalue weighted by atomic mass is 10.2. The van der Waals surface area contributed by atoms with Gasteiger partial charge in [-0.25, -0.2) is 4.98 Å². The van der Waals surface area contributed by atoms with Crippen LogP contribution in [-0.2, 0) is 6.42 Å². The maximum atomic E-state index is 12.2. The summed E-state index contributed by atoms with van der Waals surface area (Å²) in [7, 11) is 1.70. The van der Waals surface area contributed by atoms with Gasteiger partial charge in [0, 0.05) is 37.0 Å². The van der Waals surface area contributed by atoms with Crippen LogP contribution in [0.1, 0.15) is 26.9 Å². The average Bonchev–Trinajstić information content (AvgIpc) is 2.79. The SMILES string of the molecule is Cc1cc(=O)cc(C(=O)N(C)CCc2scnc2C)o1. The second-order valence-corrected chi connectivity index (χ2v) is 5.54. The Hall–Kier alpha value is -1.95. The highest BCUT2D eigenvalue weighted by Crippen LogP contribution is 2.13. The molecular weight excluding hydrogens is 276 g/mol. The number of aromatic nitrogens is 1. The molecular formula is C14H16N2O3S. The fourth-order valence-electron chi connectivity index (χ4n) is 1.83. The first-order valence-corrected chi connectivity index (χ1v) is 7.11. The van der Waals surface area contributed by atoms with Crippen molar-refractivity contribution in [2.75, 3.05) is 13.6 Å². The van der Waals surface area contributed by atoms with Gasteiger partial charge in [0.2, 0.25) is 0 Å². The molecule has 20 heavy (non-hydrogen) atoms. The third-order valence-corrected chi connectivity index (χ3v) is 3.96. The number of rotatable bonds is 4. The summed E-state index contributed by atoms with van der Waals surface area (Å²) in [5.41, 5.74) is 2.58. The van der Waals surface area contributed by atoms with Crippen LogP contribution in [0.3, 0.4) is 0 Å². The minimum atomic E-state index is -0.284. The quantitative estimate of drug-likeness (QED) is 0.865. The molecule has 0 aliphatic heterocycles. The molecule has 2 heterocycles. The summed E-state index contributed by atoms with van der Waals surface area (Å²) < 4.78 is 5.30. The Morgan fingerprint density at radius 2 is 2.15 bits per heavy atom. The zero-order chi connectivity index (χ0) is 14.7. The first-order valence-electron chi connectivity index (χ1n) is 6.23. The first kappa shape index (κ1) is 14.5. The summed E-state index contributed by atoms with van der Waals surface area (Å²) in [5.74, 6) is 0.235. The van der Waals surface area contributed by atoms with Gasteiger partial charge in [-0.05, 0) is 13.8 Å². The predicted octanol–water partition coefficient (Wildman–Crippen LogP) is 2.03. The second-order valence-electron chi connectivity index (χ2n) is 4.61. The molecule has 0 saturated carbocycles. The molecule has 0 aliphatic rings. The molecule has 0 bridgehead atoms. The molecule has 0 spiro atoms. The summed E-state index contributed by atoms with van der Waals surface area (Å²) in [5, 5.41) is 0. The highest BCUT2D eigenvalue weighted by molar-refractivity contribution is 7.09. The number of hydrogen-bond donors (Lipinski definition) is 0. The molecule has 1 amide bonds. The monoisotopic (exact) mass is 292 g/mol. The lowest BCUT2D eigenvalue weighted by molar-refractivity contribution is 0.0761. The van der Waals surface area contributed by atoms with Crippen LogP contribution in [0.25, 0.3) is 0 Å². The summed E-state index contributed by atoms with van der Waals surface area (Å²) in [6, 6.07) is 2.58.